The van der Waals surface area contributed by atoms with E-state index in [9.17, 15) is 5.11 Å². The zero-order chi connectivity index (χ0) is 16.8. The van der Waals surface area contributed by atoms with Gasteiger partial charge in [0, 0.05) is 25.3 Å². The molecule has 24 heavy (non-hydrogen) atoms. The molecular formula is C19H22N4O. The van der Waals surface area contributed by atoms with Crippen LogP contribution in [0.15, 0.2) is 54.9 Å². The second-order valence-electron chi connectivity index (χ2n) is 5.82. The fraction of sp³-hybridized carbons (Fsp3) is 0.316. The third kappa shape index (κ3) is 3.93. The van der Waals surface area contributed by atoms with Gasteiger partial charge in [-0.2, -0.15) is 0 Å². The minimum atomic E-state index is 0.0697. The molecule has 0 aliphatic rings. The monoisotopic (exact) mass is 322 g/mol. The van der Waals surface area contributed by atoms with Crippen LogP contribution < -0.4 is 0 Å². The average molecular weight is 322 g/mol. The first-order valence-electron chi connectivity index (χ1n) is 8.25. The van der Waals surface area contributed by atoms with Gasteiger partial charge in [-0.15, -0.1) is 0 Å². The lowest BCUT2D eigenvalue weighted by atomic mass is 10.1. The Morgan fingerprint density at radius 2 is 1.71 bits per heavy atom. The predicted molar refractivity (Wildman–Crippen MR) is 94.2 cm³/mol. The molecule has 124 valence electrons. The van der Waals surface area contributed by atoms with Crippen molar-refractivity contribution in [1.82, 2.24) is 19.9 Å². The molecule has 5 nitrogen and oxygen atoms in total. The van der Waals surface area contributed by atoms with Gasteiger partial charge in [-0.3, -0.25) is 14.9 Å². The molecule has 1 N–H and O–H groups in total. The number of benzene rings is 1. The molecule has 0 saturated carbocycles. The summed E-state index contributed by atoms with van der Waals surface area (Å²) in [6.07, 6.45) is 4.48. The van der Waals surface area contributed by atoms with Crippen LogP contribution in [-0.2, 0) is 13.1 Å². The molecule has 0 saturated heterocycles. The number of fused-ring (bicyclic) bond motifs is 1. The number of hydrogen-bond donors (Lipinski definition) is 1. The molecule has 0 fully saturated rings. The second kappa shape index (κ2) is 7.95. The van der Waals surface area contributed by atoms with Gasteiger partial charge in [0.05, 0.1) is 35.2 Å². The molecule has 3 aromatic rings. The Morgan fingerprint density at radius 1 is 0.958 bits per heavy atom. The van der Waals surface area contributed by atoms with Gasteiger partial charge < -0.3 is 5.11 Å². The molecule has 0 aliphatic carbocycles. The van der Waals surface area contributed by atoms with E-state index in [0.29, 0.717) is 13.1 Å². The Hall–Kier alpha value is -2.37. The number of hydrogen-bond acceptors (Lipinski definition) is 5. The third-order valence-corrected chi connectivity index (χ3v) is 4.15. The summed E-state index contributed by atoms with van der Waals surface area (Å²) in [5.41, 5.74) is 3.67. The minimum absolute atomic E-state index is 0.0697. The maximum absolute atomic E-state index is 9.73. The van der Waals surface area contributed by atoms with Crippen molar-refractivity contribution in [2.24, 2.45) is 0 Å². The van der Waals surface area contributed by atoms with E-state index in [2.05, 4.69) is 21.8 Å². The molecule has 1 unspecified atom stereocenters. The van der Waals surface area contributed by atoms with Crippen LogP contribution in [0.2, 0.25) is 0 Å². The number of rotatable bonds is 7. The lowest BCUT2D eigenvalue weighted by Crippen LogP contribution is -2.37. The summed E-state index contributed by atoms with van der Waals surface area (Å²) in [6.45, 7) is 3.50. The summed E-state index contributed by atoms with van der Waals surface area (Å²) >= 11 is 0. The SMILES string of the molecule is CCC(CO)N(Cc1ccccn1)Cc1cnc2ccccc2n1. The Bertz CT molecular complexity index is 774. The Kier molecular flexibility index (Phi) is 5.46. The largest absolute Gasteiger partial charge is 0.395 e. The highest BCUT2D eigenvalue weighted by molar-refractivity contribution is 5.73. The predicted octanol–water partition coefficient (Wildman–Crippen LogP) is 2.80. The first-order valence-corrected chi connectivity index (χ1v) is 8.25. The van der Waals surface area contributed by atoms with Crippen LogP contribution in [0.1, 0.15) is 24.7 Å². The fourth-order valence-corrected chi connectivity index (χ4v) is 2.80. The number of pyridine rings is 1. The topological polar surface area (TPSA) is 62.1 Å². The Morgan fingerprint density at radius 3 is 2.42 bits per heavy atom. The maximum Gasteiger partial charge on any atom is 0.0890 e. The fourth-order valence-electron chi connectivity index (χ4n) is 2.80. The van der Waals surface area contributed by atoms with Crippen molar-refractivity contribution in [2.45, 2.75) is 32.5 Å². The average Bonchev–Trinajstić information content (AvgIpc) is 2.63. The molecule has 2 aromatic heterocycles. The standard InChI is InChI=1S/C19H22N4O/c1-2-17(14-24)23(12-15-7-5-6-10-20-15)13-16-11-21-18-8-3-4-9-19(18)22-16/h3-11,17,24H,2,12-14H2,1H3. The van der Waals surface area contributed by atoms with E-state index in [1.54, 1.807) is 6.20 Å². The van der Waals surface area contributed by atoms with Gasteiger partial charge in [-0.25, -0.2) is 4.98 Å². The maximum atomic E-state index is 9.73. The van der Waals surface area contributed by atoms with E-state index in [1.165, 1.54) is 0 Å². The Labute approximate surface area is 142 Å². The van der Waals surface area contributed by atoms with Crippen molar-refractivity contribution in [2.75, 3.05) is 6.61 Å². The van der Waals surface area contributed by atoms with Crippen LogP contribution in [0.25, 0.3) is 11.0 Å². The molecule has 1 aromatic carbocycles. The molecule has 3 rings (SSSR count). The van der Waals surface area contributed by atoms with E-state index in [0.717, 1.165) is 28.8 Å². The lowest BCUT2D eigenvalue weighted by Gasteiger charge is -2.29. The highest BCUT2D eigenvalue weighted by atomic mass is 16.3. The van der Waals surface area contributed by atoms with Crippen LogP contribution >= 0.6 is 0 Å². The first kappa shape index (κ1) is 16.5. The van der Waals surface area contributed by atoms with Gasteiger partial charge in [-0.1, -0.05) is 25.1 Å². The summed E-state index contributed by atoms with van der Waals surface area (Å²) in [5, 5.41) is 9.73. The smallest absolute Gasteiger partial charge is 0.0890 e. The number of nitrogens with zero attached hydrogens (tertiary/aromatic N) is 4. The Balaban J connectivity index is 1.84. The normalized spacial score (nSPS) is 12.6. The second-order valence-corrected chi connectivity index (χ2v) is 5.82. The van der Waals surface area contributed by atoms with Crippen molar-refractivity contribution in [3.63, 3.8) is 0 Å². The van der Waals surface area contributed by atoms with Crippen LogP contribution in [-0.4, -0.2) is 37.6 Å². The van der Waals surface area contributed by atoms with Crippen molar-refractivity contribution in [1.29, 1.82) is 0 Å². The van der Waals surface area contributed by atoms with E-state index in [-0.39, 0.29) is 12.6 Å². The number of aliphatic hydroxyl groups is 1. The molecule has 1 atom stereocenters. The molecule has 0 spiro atoms. The van der Waals surface area contributed by atoms with E-state index < -0.39 is 0 Å². The molecule has 2 heterocycles. The van der Waals surface area contributed by atoms with Gasteiger partial charge in [0.2, 0.25) is 0 Å². The lowest BCUT2D eigenvalue weighted by molar-refractivity contribution is 0.104. The zero-order valence-electron chi connectivity index (χ0n) is 13.8. The molecule has 5 heteroatoms. The minimum Gasteiger partial charge on any atom is -0.395 e. The van der Waals surface area contributed by atoms with Gasteiger partial charge in [0.15, 0.2) is 0 Å². The van der Waals surface area contributed by atoms with Crippen molar-refractivity contribution in [3.8, 4) is 0 Å². The molecule has 0 bridgehead atoms. The van der Waals surface area contributed by atoms with Gasteiger partial charge in [0.1, 0.15) is 0 Å². The van der Waals surface area contributed by atoms with Gasteiger partial charge in [-0.05, 0) is 30.7 Å². The summed E-state index contributed by atoms with van der Waals surface area (Å²) in [7, 11) is 0. The molecular weight excluding hydrogens is 300 g/mol. The number of aliphatic hydroxyl groups excluding tert-OH is 1. The van der Waals surface area contributed by atoms with E-state index in [1.807, 2.05) is 48.7 Å². The van der Waals surface area contributed by atoms with Crippen molar-refractivity contribution >= 4 is 11.0 Å². The highest BCUT2D eigenvalue weighted by Crippen LogP contribution is 2.15. The zero-order valence-corrected chi connectivity index (χ0v) is 13.8. The van der Waals surface area contributed by atoms with Crippen LogP contribution in [0.5, 0.6) is 0 Å². The molecule has 0 aliphatic heterocycles. The quantitative estimate of drug-likeness (QED) is 0.725. The first-order chi connectivity index (χ1) is 11.8. The summed E-state index contributed by atoms with van der Waals surface area (Å²) in [4.78, 5) is 15.8. The van der Waals surface area contributed by atoms with Gasteiger partial charge >= 0.3 is 0 Å². The molecule has 0 amide bonds. The third-order valence-electron chi connectivity index (χ3n) is 4.15. The van der Waals surface area contributed by atoms with E-state index in [4.69, 9.17) is 4.98 Å². The number of para-hydroxylation sites is 2. The summed E-state index contributed by atoms with van der Waals surface area (Å²) in [6, 6.07) is 13.8. The van der Waals surface area contributed by atoms with Crippen molar-refractivity contribution in [3.05, 3.63) is 66.2 Å². The number of aromatic nitrogens is 3. The van der Waals surface area contributed by atoms with Crippen LogP contribution in [0, 0.1) is 0 Å². The summed E-state index contributed by atoms with van der Waals surface area (Å²) in [5.74, 6) is 0. The molecule has 0 radical (unpaired) electrons. The van der Waals surface area contributed by atoms with Crippen LogP contribution in [0.3, 0.4) is 0 Å². The van der Waals surface area contributed by atoms with Crippen LogP contribution in [0.4, 0.5) is 0 Å². The summed E-state index contributed by atoms with van der Waals surface area (Å²) < 4.78 is 0. The highest BCUT2D eigenvalue weighted by Gasteiger charge is 2.18. The van der Waals surface area contributed by atoms with Crippen molar-refractivity contribution < 1.29 is 5.11 Å². The van der Waals surface area contributed by atoms with Gasteiger partial charge in [0.25, 0.3) is 0 Å². The van der Waals surface area contributed by atoms with E-state index >= 15 is 0 Å².